The van der Waals surface area contributed by atoms with Crippen LogP contribution in [0.2, 0.25) is 0 Å². The van der Waals surface area contributed by atoms with Crippen LogP contribution in [0.15, 0.2) is 21.3 Å². The first-order valence-electron chi connectivity index (χ1n) is 8.03. The van der Waals surface area contributed by atoms with Gasteiger partial charge in [0.1, 0.15) is 5.76 Å². The van der Waals surface area contributed by atoms with Gasteiger partial charge in [0, 0.05) is 25.3 Å². The van der Waals surface area contributed by atoms with Crippen LogP contribution in [-0.4, -0.2) is 39.1 Å². The van der Waals surface area contributed by atoms with Crippen LogP contribution in [0.25, 0.3) is 0 Å². The molecule has 1 saturated heterocycles. The van der Waals surface area contributed by atoms with Crippen molar-refractivity contribution in [2.45, 2.75) is 44.1 Å². The van der Waals surface area contributed by atoms with Crippen molar-refractivity contribution in [3.8, 4) is 0 Å². The maximum absolute atomic E-state index is 12.7. The third-order valence-electron chi connectivity index (χ3n) is 4.59. The fourth-order valence-electron chi connectivity index (χ4n) is 3.06. The fraction of sp³-hybridized carbons (Fsp3) is 0.562. The largest absolute Gasteiger partial charge is 0.468 e. The Balaban J connectivity index is 1.53. The number of aliphatic hydroxyl groups is 1. The lowest BCUT2D eigenvalue weighted by Crippen LogP contribution is -2.34. The number of hydrogen-bond acceptors (Lipinski definition) is 6. The van der Waals surface area contributed by atoms with Crippen molar-refractivity contribution in [2.24, 2.45) is 0 Å². The molecule has 1 amide bonds. The smallest absolute Gasteiger partial charge is 0.260 e. The first kappa shape index (κ1) is 14.4. The minimum absolute atomic E-state index is 0.105. The molecule has 3 heterocycles. The third-order valence-corrected chi connectivity index (χ3v) is 4.59. The maximum atomic E-state index is 12.7. The van der Waals surface area contributed by atoms with Crippen molar-refractivity contribution < 1.29 is 18.8 Å². The molecule has 1 atom stereocenters. The normalized spacial score (nSPS) is 24.3. The van der Waals surface area contributed by atoms with Crippen molar-refractivity contribution in [1.29, 1.82) is 0 Å². The quantitative estimate of drug-likeness (QED) is 0.925. The number of rotatable bonds is 4. The Hall–Kier alpha value is -2.15. The number of aryl methyl sites for hydroxylation is 1. The van der Waals surface area contributed by atoms with Crippen molar-refractivity contribution in [3.05, 3.63) is 35.4 Å². The van der Waals surface area contributed by atoms with Crippen molar-refractivity contribution in [3.63, 3.8) is 0 Å². The van der Waals surface area contributed by atoms with E-state index in [9.17, 15) is 9.90 Å². The van der Waals surface area contributed by atoms with Gasteiger partial charge in [0.25, 0.3) is 11.8 Å². The van der Waals surface area contributed by atoms with E-state index in [1.54, 1.807) is 17.2 Å². The first-order valence-corrected chi connectivity index (χ1v) is 8.03. The molecule has 1 unspecified atom stereocenters. The Kier molecular flexibility index (Phi) is 3.26. The molecule has 1 saturated carbocycles. The molecule has 0 bridgehead atoms. The summed E-state index contributed by atoms with van der Waals surface area (Å²) in [5.74, 6) is 1.79. The van der Waals surface area contributed by atoms with Gasteiger partial charge in [-0.25, -0.2) is 0 Å². The maximum Gasteiger partial charge on any atom is 0.260 e. The molecule has 23 heavy (non-hydrogen) atoms. The topological polar surface area (TPSA) is 92.6 Å². The molecule has 2 aliphatic rings. The molecule has 4 rings (SSSR count). The summed E-state index contributed by atoms with van der Waals surface area (Å²) < 4.78 is 10.6. The number of hydrogen-bond donors (Lipinski definition) is 1. The van der Waals surface area contributed by atoms with Crippen LogP contribution >= 0.6 is 0 Å². The van der Waals surface area contributed by atoms with Crippen LogP contribution in [0.4, 0.5) is 0 Å². The van der Waals surface area contributed by atoms with Gasteiger partial charge in [0.05, 0.1) is 18.4 Å². The van der Waals surface area contributed by atoms with Gasteiger partial charge in [-0.2, -0.15) is 4.98 Å². The number of β-amino-alcohol motifs (C(OH)–C–C–N with tert-alkyl or cyclic N) is 1. The molecular weight excluding hydrogens is 298 g/mol. The van der Waals surface area contributed by atoms with Crippen LogP contribution in [0.1, 0.15) is 59.9 Å². The van der Waals surface area contributed by atoms with Gasteiger partial charge in [0.15, 0.2) is 11.4 Å². The van der Waals surface area contributed by atoms with E-state index >= 15 is 0 Å². The number of furan rings is 1. The van der Waals surface area contributed by atoms with Gasteiger partial charge in [-0.1, -0.05) is 12.1 Å². The highest BCUT2D eigenvalue weighted by molar-refractivity contribution is 5.95. The fourth-order valence-corrected chi connectivity index (χ4v) is 3.06. The van der Waals surface area contributed by atoms with Crippen LogP contribution in [0.3, 0.4) is 0 Å². The Bertz CT molecular complexity index is 733. The van der Waals surface area contributed by atoms with E-state index < -0.39 is 5.60 Å². The van der Waals surface area contributed by atoms with Gasteiger partial charge >= 0.3 is 0 Å². The van der Waals surface area contributed by atoms with Gasteiger partial charge < -0.3 is 18.9 Å². The van der Waals surface area contributed by atoms with Crippen LogP contribution in [0, 0.1) is 0 Å². The molecule has 7 nitrogen and oxygen atoms in total. The highest BCUT2D eigenvalue weighted by Gasteiger charge is 2.45. The van der Waals surface area contributed by atoms with E-state index in [4.69, 9.17) is 8.94 Å². The van der Waals surface area contributed by atoms with Crippen LogP contribution < -0.4 is 0 Å². The number of amides is 1. The van der Waals surface area contributed by atoms with E-state index in [0.29, 0.717) is 36.7 Å². The summed E-state index contributed by atoms with van der Waals surface area (Å²) in [6.07, 6.45) is 4.73. The standard InChI is InChI=1S/C16H19N3O4/c1-2-12-17-15(23-18-12)16(21)6-7-19(9-16)14(20)11-5-8-22-13(11)10-3-4-10/h5,8,10,21H,2-4,6-7,9H2,1H3. The summed E-state index contributed by atoms with van der Waals surface area (Å²) in [6, 6.07) is 1.72. The van der Waals surface area contributed by atoms with Gasteiger partial charge in [-0.15, -0.1) is 0 Å². The van der Waals surface area contributed by atoms with Crippen LogP contribution in [-0.2, 0) is 12.0 Å². The van der Waals surface area contributed by atoms with Crippen molar-refractivity contribution >= 4 is 5.91 Å². The minimum atomic E-state index is -1.26. The number of likely N-dealkylation sites (tertiary alicyclic amines) is 1. The SMILES string of the molecule is CCc1noc(C2(O)CCN(C(=O)c3ccoc3C3CC3)C2)n1. The van der Waals surface area contributed by atoms with Gasteiger partial charge in [-0.3, -0.25) is 4.79 Å². The molecule has 122 valence electrons. The second-order valence-electron chi connectivity index (χ2n) is 6.35. The lowest BCUT2D eigenvalue weighted by atomic mass is 10.0. The number of nitrogens with zero attached hydrogens (tertiary/aromatic N) is 3. The zero-order valence-corrected chi connectivity index (χ0v) is 13.0. The highest BCUT2D eigenvalue weighted by Crippen LogP contribution is 2.42. The molecule has 1 N–H and O–H groups in total. The van der Waals surface area contributed by atoms with E-state index in [2.05, 4.69) is 10.1 Å². The van der Waals surface area contributed by atoms with Gasteiger partial charge in [0.2, 0.25) is 0 Å². The number of aromatic nitrogens is 2. The van der Waals surface area contributed by atoms with E-state index in [0.717, 1.165) is 18.6 Å². The lowest BCUT2D eigenvalue weighted by molar-refractivity contribution is 0.0136. The molecule has 7 heteroatoms. The predicted molar refractivity (Wildman–Crippen MR) is 78.8 cm³/mol. The zero-order chi connectivity index (χ0) is 16.0. The van der Waals surface area contributed by atoms with Gasteiger partial charge in [-0.05, 0) is 18.9 Å². The van der Waals surface area contributed by atoms with Crippen molar-refractivity contribution in [2.75, 3.05) is 13.1 Å². The third kappa shape index (κ3) is 2.45. The van der Waals surface area contributed by atoms with E-state index in [1.165, 1.54) is 0 Å². The Labute approximate surface area is 133 Å². The summed E-state index contributed by atoms with van der Waals surface area (Å²) in [4.78, 5) is 18.6. The molecular formula is C16H19N3O4. The lowest BCUT2D eigenvalue weighted by Gasteiger charge is -2.19. The molecule has 2 aromatic heterocycles. The number of carbonyl (C=O) groups excluding carboxylic acids is 1. The summed E-state index contributed by atoms with van der Waals surface area (Å²) in [5.41, 5.74) is -0.656. The zero-order valence-electron chi connectivity index (χ0n) is 13.0. The summed E-state index contributed by atoms with van der Waals surface area (Å²) in [6.45, 7) is 2.53. The molecule has 0 aromatic carbocycles. The minimum Gasteiger partial charge on any atom is -0.468 e. The summed E-state index contributed by atoms with van der Waals surface area (Å²) >= 11 is 0. The van der Waals surface area contributed by atoms with E-state index in [1.807, 2.05) is 6.92 Å². The number of carbonyl (C=O) groups is 1. The molecule has 2 fully saturated rings. The molecule has 1 aliphatic carbocycles. The van der Waals surface area contributed by atoms with Crippen LogP contribution in [0.5, 0.6) is 0 Å². The first-order chi connectivity index (χ1) is 11.1. The highest BCUT2D eigenvalue weighted by atomic mass is 16.5. The molecule has 2 aromatic rings. The molecule has 0 radical (unpaired) electrons. The summed E-state index contributed by atoms with van der Waals surface area (Å²) in [5, 5.41) is 14.6. The Morgan fingerprint density at radius 1 is 1.52 bits per heavy atom. The average molecular weight is 317 g/mol. The predicted octanol–water partition coefficient (Wildman–Crippen LogP) is 1.84. The Morgan fingerprint density at radius 2 is 2.35 bits per heavy atom. The monoisotopic (exact) mass is 317 g/mol. The second-order valence-corrected chi connectivity index (χ2v) is 6.35. The Morgan fingerprint density at radius 3 is 3.04 bits per heavy atom. The molecule has 0 spiro atoms. The van der Waals surface area contributed by atoms with Crippen molar-refractivity contribution in [1.82, 2.24) is 15.0 Å². The molecule has 1 aliphatic heterocycles. The average Bonchev–Trinajstić information content (AvgIpc) is 2.98. The second kappa shape index (κ2) is 5.19. The van der Waals surface area contributed by atoms with E-state index in [-0.39, 0.29) is 18.3 Å². The summed E-state index contributed by atoms with van der Waals surface area (Å²) in [7, 11) is 0.